The molecule has 0 aliphatic heterocycles. The van der Waals surface area contributed by atoms with Gasteiger partial charge in [0.05, 0.1) is 22.3 Å². The molecule has 0 radical (unpaired) electrons. The molecule has 0 unspecified atom stereocenters. The lowest BCUT2D eigenvalue weighted by Gasteiger charge is -2.13. The lowest BCUT2D eigenvalue weighted by molar-refractivity contribution is -0.113. The van der Waals surface area contributed by atoms with Crippen LogP contribution in [-0.2, 0) is 4.79 Å². The second-order valence-corrected chi connectivity index (χ2v) is 6.64. The van der Waals surface area contributed by atoms with Crippen LogP contribution in [0.5, 0.6) is 0 Å². The molecule has 0 aliphatic rings. The Morgan fingerprint density at radius 3 is 2.71 bits per heavy atom. The lowest BCUT2D eigenvalue weighted by Crippen LogP contribution is -2.23. The Bertz CT molecular complexity index is 1190. The number of thioether (sulfide) groups is 1. The van der Waals surface area contributed by atoms with Crippen molar-refractivity contribution in [2.45, 2.75) is 5.16 Å². The molecule has 1 amide bonds. The average molecular weight is 396 g/mol. The quantitative estimate of drug-likeness (QED) is 0.396. The summed E-state index contributed by atoms with van der Waals surface area (Å²) in [6.45, 7) is 0. The number of benzene rings is 2. The number of hydrogen-bond donors (Lipinski definition) is 2. The van der Waals surface area contributed by atoms with Gasteiger partial charge in [-0.15, -0.1) is 0 Å². The lowest BCUT2D eigenvalue weighted by atomic mass is 10.2. The molecule has 8 nitrogen and oxygen atoms in total. The number of aromatic nitrogens is 5. The molecular weight excluding hydrogens is 383 g/mol. The number of amides is 1. The second-order valence-electron chi connectivity index (χ2n) is 5.70. The highest BCUT2D eigenvalue weighted by atomic mass is 32.2. The van der Waals surface area contributed by atoms with Gasteiger partial charge in [-0.2, -0.15) is 10.1 Å². The smallest absolute Gasteiger partial charge is 0.266 e. The number of aromatic amines is 1. The standard InChI is InChI=1S/C18H13FN6O2S/c19-11-5-7-12(8-6-11)25-16(27)13-3-1-2-4-14(13)22-18(25)28-9-15(26)23-17-20-10-21-24-17/h1-8,10H,9H2,(H2,20,21,23,24,26). The molecule has 2 aromatic carbocycles. The van der Waals surface area contributed by atoms with Gasteiger partial charge in [-0.1, -0.05) is 23.9 Å². The Morgan fingerprint density at radius 1 is 1.18 bits per heavy atom. The summed E-state index contributed by atoms with van der Waals surface area (Å²) in [4.78, 5) is 33.5. The molecule has 0 aliphatic carbocycles. The molecule has 140 valence electrons. The van der Waals surface area contributed by atoms with Gasteiger partial charge in [-0.05, 0) is 36.4 Å². The predicted molar refractivity (Wildman–Crippen MR) is 103 cm³/mol. The van der Waals surface area contributed by atoms with Crippen LogP contribution in [0.4, 0.5) is 10.3 Å². The highest BCUT2D eigenvalue weighted by molar-refractivity contribution is 7.99. The van der Waals surface area contributed by atoms with Crippen molar-refractivity contribution < 1.29 is 9.18 Å². The molecule has 0 fully saturated rings. The predicted octanol–water partition coefficient (Wildman–Crippen LogP) is 2.37. The summed E-state index contributed by atoms with van der Waals surface area (Å²) < 4.78 is 14.7. The van der Waals surface area contributed by atoms with Crippen LogP contribution in [0.1, 0.15) is 0 Å². The fourth-order valence-electron chi connectivity index (χ4n) is 2.59. The molecule has 0 spiro atoms. The third kappa shape index (κ3) is 3.62. The van der Waals surface area contributed by atoms with E-state index in [9.17, 15) is 14.0 Å². The van der Waals surface area contributed by atoms with E-state index in [4.69, 9.17) is 0 Å². The van der Waals surface area contributed by atoms with Crippen molar-refractivity contribution in [1.29, 1.82) is 0 Å². The number of nitrogens with one attached hydrogen (secondary N) is 2. The van der Waals surface area contributed by atoms with E-state index >= 15 is 0 Å². The van der Waals surface area contributed by atoms with E-state index in [1.54, 1.807) is 24.3 Å². The maximum absolute atomic E-state index is 13.3. The molecule has 28 heavy (non-hydrogen) atoms. The summed E-state index contributed by atoms with van der Waals surface area (Å²) in [5.74, 6) is -0.527. The minimum absolute atomic E-state index is 0.00727. The zero-order valence-electron chi connectivity index (χ0n) is 14.3. The number of carbonyl (C=O) groups is 1. The second kappa shape index (κ2) is 7.61. The van der Waals surface area contributed by atoms with Crippen molar-refractivity contribution in [1.82, 2.24) is 24.7 Å². The Morgan fingerprint density at radius 2 is 1.96 bits per heavy atom. The number of halogens is 1. The third-order valence-electron chi connectivity index (χ3n) is 3.83. The maximum Gasteiger partial charge on any atom is 0.266 e. The molecule has 2 heterocycles. The topological polar surface area (TPSA) is 106 Å². The van der Waals surface area contributed by atoms with Gasteiger partial charge >= 0.3 is 0 Å². The Labute approximate surface area is 161 Å². The number of nitrogens with zero attached hydrogens (tertiary/aromatic N) is 4. The first kappa shape index (κ1) is 17.9. The van der Waals surface area contributed by atoms with E-state index in [-0.39, 0.29) is 23.2 Å². The minimum Gasteiger partial charge on any atom is -0.294 e. The summed E-state index contributed by atoms with van der Waals surface area (Å²) in [7, 11) is 0. The summed E-state index contributed by atoms with van der Waals surface area (Å²) in [6, 6.07) is 12.4. The highest BCUT2D eigenvalue weighted by Gasteiger charge is 2.15. The Hall–Kier alpha value is -3.53. The molecule has 2 aromatic heterocycles. The van der Waals surface area contributed by atoms with E-state index < -0.39 is 5.82 Å². The SMILES string of the molecule is O=C(CSc1nc2ccccc2c(=O)n1-c1ccc(F)cc1)Nc1ncn[nH]1. The van der Waals surface area contributed by atoms with Crippen LogP contribution >= 0.6 is 11.8 Å². The van der Waals surface area contributed by atoms with Crippen molar-refractivity contribution >= 4 is 34.5 Å². The highest BCUT2D eigenvalue weighted by Crippen LogP contribution is 2.21. The number of anilines is 1. The number of hydrogen-bond acceptors (Lipinski definition) is 6. The van der Waals surface area contributed by atoms with Crippen molar-refractivity contribution in [3.63, 3.8) is 0 Å². The summed E-state index contributed by atoms with van der Waals surface area (Å²) in [5, 5.41) is 9.50. The fraction of sp³-hybridized carbons (Fsp3) is 0.0556. The molecular formula is C18H13FN6O2S. The van der Waals surface area contributed by atoms with Crippen LogP contribution < -0.4 is 10.9 Å². The summed E-state index contributed by atoms with van der Waals surface area (Å²) in [5.41, 5.74) is 0.683. The zero-order chi connectivity index (χ0) is 19.5. The minimum atomic E-state index is -0.411. The van der Waals surface area contributed by atoms with Crippen molar-refractivity contribution in [2.24, 2.45) is 0 Å². The van der Waals surface area contributed by atoms with Gasteiger partial charge in [0.15, 0.2) is 5.16 Å². The van der Waals surface area contributed by atoms with E-state index in [1.807, 2.05) is 0 Å². The summed E-state index contributed by atoms with van der Waals surface area (Å²) >= 11 is 1.09. The van der Waals surface area contributed by atoms with Gasteiger partial charge in [-0.25, -0.2) is 14.5 Å². The zero-order valence-corrected chi connectivity index (χ0v) is 15.1. The number of rotatable bonds is 5. The molecule has 0 bridgehead atoms. The van der Waals surface area contributed by atoms with Crippen LogP contribution in [0.15, 0.2) is 64.8 Å². The normalized spacial score (nSPS) is 10.9. The van der Waals surface area contributed by atoms with E-state index in [0.717, 1.165) is 11.8 Å². The molecule has 2 N–H and O–H groups in total. The van der Waals surface area contributed by atoms with Gasteiger partial charge in [0.25, 0.3) is 5.56 Å². The van der Waals surface area contributed by atoms with Gasteiger partial charge in [0.1, 0.15) is 12.1 Å². The van der Waals surface area contributed by atoms with Crippen molar-refractivity contribution in [3.8, 4) is 5.69 Å². The Balaban J connectivity index is 1.71. The largest absolute Gasteiger partial charge is 0.294 e. The van der Waals surface area contributed by atoms with Crippen LogP contribution in [0, 0.1) is 5.82 Å². The molecule has 10 heteroatoms. The number of para-hydroxylation sites is 1. The van der Waals surface area contributed by atoms with Crippen LogP contribution in [0.2, 0.25) is 0 Å². The van der Waals surface area contributed by atoms with Gasteiger partial charge in [0, 0.05) is 0 Å². The van der Waals surface area contributed by atoms with Crippen LogP contribution in [0.3, 0.4) is 0 Å². The van der Waals surface area contributed by atoms with Gasteiger partial charge < -0.3 is 0 Å². The van der Waals surface area contributed by atoms with Crippen molar-refractivity contribution in [2.75, 3.05) is 11.1 Å². The average Bonchev–Trinajstić information content (AvgIpc) is 3.20. The molecule has 4 aromatic rings. The van der Waals surface area contributed by atoms with E-state index in [1.165, 1.54) is 35.2 Å². The fourth-order valence-corrected chi connectivity index (χ4v) is 3.40. The molecule has 4 rings (SSSR count). The number of fused-ring (bicyclic) bond motifs is 1. The molecule has 0 saturated carbocycles. The third-order valence-corrected chi connectivity index (χ3v) is 4.77. The van der Waals surface area contributed by atoms with Gasteiger partial charge in [-0.3, -0.25) is 19.5 Å². The molecule has 0 atom stereocenters. The monoisotopic (exact) mass is 396 g/mol. The number of H-pyrrole nitrogens is 1. The van der Waals surface area contributed by atoms with Gasteiger partial charge in [0.2, 0.25) is 11.9 Å². The van der Waals surface area contributed by atoms with Crippen molar-refractivity contribution in [3.05, 3.63) is 71.0 Å². The number of carbonyl (C=O) groups excluding carboxylic acids is 1. The first-order chi connectivity index (χ1) is 13.6. The van der Waals surface area contributed by atoms with E-state index in [0.29, 0.717) is 21.7 Å². The maximum atomic E-state index is 13.3. The summed E-state index contributed by atoms with van der Waals surface area (Å²) in [6.07, 6.45) is 1.28. The molecule has 0 saturated heterocycles. The van der Waals surface area contributed by atoms with Crippen LogP contribution in [0.25, 0.3) is 16.6 Å². The Kier molecular flexibility index (Phi) is 4.85. The first-order valence-corrected chi connectivity index (χ1v) is 9.16. The van der Waals surface area contributed by atoms with E-state index in [2.05, 4.69) is 25.5 Å². The first-order valence-electron chi connectivity index (χ1n) is 8.17. The van der Waals surface area contributed by atoms with Crippen LogP contribution in [-0.4, -0.2) is 36.4 Å².